The van der Waals surface area contributed by atoms with Crippen molar-refractivity contribution in [3.05, 3.63) is 26.0 Å². The van der Waals surface area contributed by atoms with E-state index in [4.69, 9.17) is 6.42 Å². The molecule has 50 heavy (non-hydrogen) atoms. The standard InChI is InChI=1S/C37H56N6O7/c1-13-37(9,10)22-16-17-43(26(22)31(47)39-23(18-21-14-15-21)28(45)32(48)38-11)33(49)30(36(6,7)8)41-34(50)40-24(35(3,4)5)19-42(12)25-20(2)27(44)29(25)46/h1,21-24,26,30H,14-19H2,2-12H3,(H,38,48)(H,39,47)(H2,40,41,50)/t22-,23?,24?,26-,30+/m0/s1. The lowest BCUT2D eigenvalue weighted by Crippen LogP contribution is -2.62. The molecule has 2 aliphatic rings. The van der Waals surface area contributed by atoms with Gasteiger partial charge in [-0.25, -0.2) is 4.79 Å². The summed E-state index contributed by atoms with van der Waals surface area (Å²) in [6.07, 6.45) is 8.45. The number of nitrogens with zero attached hydrogens (tertiary/aromatic N) is 2. The number of carbonyl (C=O) groups is 5. The number of nitrogens with one attached hydrogen (secondary N) is 4. The third-order valence-electron chi connectivity index (χ3n) is 10.3. The van der Waals surface area contributed by atoms with E-state index in [0.29, 0.717) is 24.1 Å². The molecular formula is C37H56N6O7. The zero-order valence-electron chi connectivity index (χ0n) is 31.5. The summed E-state index contributed by atoms with van der Waals surface area (Å²) in [4.78, 5) is 94.8. The van der Waals surface area contributed by atoms with Crippen LogP contribution < -0.4 is 37.0 Å². The second-order valence-corrected chi connectivity index (χ2v) is 16.8. The molecule has 4 N–H and O–H groups in total. The van der Waals surface area contributed by atoms with E-state index in [1.165, 1.54) is 11.9 Å². The molecule has 1 aromatic rings. The average molecular weight is 697 g/mol. The summed E-state index contributed by atoms with van der Waals surface area (Å²) in [5, 5.41) is 11.0. The molecule has 1 saturated carbocycles. The number of urea groups is 1. The molecule has 1 aliphatic carbocycles. The minimum atomic E-state index is -1.07. The van der Waals surface area contributed by atoms with Gasteiger partial charge in [0.1, 0.15) is 12.1 Å². The van der Waals surface area contributed by atoms with Crippen LogP contribution in [0.1, 0.15) is 86.6 Å². The predicted octanol–water partition coefficient (Wildman–Crippen LogP) is 1.63. The Labute approximate surface area is 295 Å². The number of carbonyl (C=O) groups excluding carboxylic acids is 5. The average Bonchev–Trinajstić information content (AvgIpc) is 3.73. The Hall–Kier alpha value is -4.21. The Bertz CT molecular complexity index is 1600. The molecule has 0 radical (unpaired) electrons. The van der Waals surface area contributed by atoms with Gasteiger partial charge in [0.05, 0.1) is 17.8 Å². The SMILES string of the molecule is C#CC(C)(C)[C@H]1CCN(C(=O)[C@@H](NC(=O)NC(CN(C)c2c(C)c(=O)c2=O)C(C)(C)C)C(C)(C)C)[C@@H]1C(=O)NC(CC1CC1)C(=O)C(=O)NC. The minimum absolute atomic E-state index is 0.190. The first-order valence-corrected chi connectivity index (χ1v) is 17.4. The van der Waals surface area contributed by atoms with Crippen LogP contribution in [0.2, 0.25) is 0 Å². The van der Waals surface area contributed by atoms with Crippen molar-refractivity contribution >= 4 is 35.2 Å². The molecule has 2 unspecified atom stereocenters. The fourth-order valence-electron chi connectivity index (χ4n) is 6.68. The van der Waals surface area contributed by atoms with Crippen molar-refractivity contribution in [3.63, 3.8) is 0 Å². The van der Waals surface area contributed by atoms with Crippen LogP contribution in [-0.2, 0) is 19.2 Å². The van der Waals surface area contributed by atoms with Crippen LogP contribution in [0.4, 0.5) is 10.5 Å². The minimum Gasteiger partial charge on any atom is -0.369 e. The summed E-state index contributed by atoms with van der Waals surface area (Å²) >= 11 is 0. The third kappa shape index (κ3) is 8.92. The smallest absolute Gasteiger partial charge is 0.315 e. The molecule has 0 bridgehead atoms. The van der Waals surface area contributed by atoms with Gasteiger partial charge in [0, 0.05) is 44.1 Å². The Morgan fingerprint density at radius 1 is 0.920 bits per heavy atom. The van der Waals surface area contributed by atoms with Crippen LogP contribution in [0.25, 0.3) is 0 Å². The molecule has 2 fully saturated rings. The molecule has 5 amide bonds. The molecule has 13 heteroatoms. The highest BCUT2D eigenvalue weighted by molar-refractivity contribution is 6.38. The van der Waals surface area contributed by atoms with Gasteiger partial charge >= 0.3 is 6.03 Å². The number of likely N-dealkylation sites (tertiary alicyclic amines) is 1. The van der Waals surface area contributed by atoms with Crippen molar-refractivity contribution in [3.8, 4) is 12.3 Å². The molecule has 13 nitrogen and oxygen atoms in total. The van der Waals surface area contributed by atoms with Crippen molar-refractivity contribution in [2.24, 2.45) is 28.1 Å². The number of terminal acetylenes is 1. The van der Waals surface area contributed by atoms with Gasteiger partial charge < -0.3 is 31.1 Å². The van der Waals surface area contributed by atoms with Gasteiger partial charge in [-0.3, -0.25) is 28.8 Å². The van der Waals surface area contributed by atoms with Crippen molar-refractivity contribution in [2.45, 2.75) is 112 Å². The quantitative estimate of drug-likeness (QED) is 0.178. The molecule has 0 spiro atoms. The summed E-state index contributed by atoms with van der Waals surface area (Å²) < 4.78 is 0. The van der Waals surface area contributed by atoms with Gasteiger partial charge in [-0.1, -0.05) is 54.4 Å². The zero-order chi connectivity index (χ0) is 38.1. The fourth-order valence-corrected chi connectivity index (χ4v) is 6.68. The van der Waals surface area contributed by atoms with Gasteiger partial charge in [0.2, 0.25) is 28.5 Å². The van der Waals surface area contributed by atoms with Crippen molar-refractivity contribution < 1.29 is 24.0 Å². The van der Waals surface area contributed by atoms with Gasteiger partial charge in [-0.2, -0.15) is 0 Å². The molecule has 3 rings (SSSR count). The molecule has 1 aliphatic heterocycles. The van der Waals surface area contributed by atoms with Gasteiger partial charge in [-0.05, 0) is 50.4 Å². The second-order valence-electron chi connectivity index (χ2n) is 16.8. The Morgan fingerprint density at radius 2 is 1.52 bits per heavy atom. The Balaban J connectivity index is 1.89. The molecule has 276 valence electrons. The first-order chi connectivity index (χ1) is 23.0. The maximum Gasteiger partial charge on any atom is 0.315 e. The van der Waals surface area contributed by atoms with E-state index >= 15 is 0 Å². The number of amides is 5. The highest BCUT2D eigenvalue weighted by Gasteiger charge is 2.51. The first-order valence-electron chi connectivity index (χ1n) is 17.4. The van der Waals surface area contributed by atoms with Gasteiger partial charge in [0.25, 0.3) is 5.91 Å². The van der Waals surface area contributed by atoms with E-state index < -0.39 is 86.7 Å². The largest absolute Gasteiger partial charge is 0.369 e. The second kappa shape index (κ2) is 15.0. The van der Waals surface area contributed by atoms with E-state index in [-0.39, 0.29) is 19.0 Å². The van der Waals surface area contributed by atoms with Gasteiger partial charge in [0.15, 0.2) is 0 Å². The number of rotatable bonds is 13. The summed E-state index contributed by atoms with van der Waals surface area (Å²) in [7, 11) is 3.04. The molecule has 1 saturated heterocycles. The highest BCUT2D eigenvalue weighted by Crippen LogP contribution is 2.40. The van der Waals surface area contributed by atoms with E-state index in [1.807, 2.05) is 34.6 Å². The number of likely N-dealkylation sites (N-methyl/N-ethyl adjacent to an activating group) is 2. The lowest BCUT2D eigenvalue weighted by molar-refractivity contribution is -0.145. The van der Waals surface area contributed by atoms with Gasteiger partial charge in [-0.15, -0.1) is 12.3 Å². The predicted molar refractivity (Wildman–Crippen MR) is 192 cm³/mol. The Kier molecular flexibility index (Phi) is 12.0. The molecular weight excluding hydrogens is 640 g/mol. The van der Waals surface area contributed by atoms with Crippen LogP contribution in [0.3, 0.4) is 0 Å². The van der Waals surface area contributed by atoms with Crippen molar-refractivity contribution in [2.75, 3.05) is 32.1 Å². The molecule has 1 heterocycles. The number of Topliss-reactive ketones (excluding diaryl/α,β-unsaturated/α-hetero) is 1. The highest BCUT2D eigenvalue weighted by atomic mass is 16.2. The van der Waals surface area contributed by atoms with Crippen LogP contribution >= 0.6 is 0 Å². The molecule has 1 aromatic carbocycles. The fraction of sp³-hybridized carbons (Fsp3) is 0.703. The lowest BCUT2D eigenvalue weighted by atomic mass is 9.75. The van der Waals surface area contributed by atoms with Crippen molar-refractivity contribution in [1.82, 2.24) is 26.2 Å². The monoisotopic (exact) mass is 696 g/mol. The maximum absolute atomic E-state index is 14.5. The first kappa shape index (κ1) is 40.2. The van der Waals surface area contributed by atoms with E-state index in [0.717, 1.165) is 12.8 Å². The normalized spacial score (nSPS) is 19.9. The number of hydrogen-bond acceptors (Lipinski definition) is 8. The molecule has 0 aromatic heterocycles. The topological polar surface area (TPSA) is 174 Å². The van der Waals surface area contributed by atoms with E-state index in [2.05, 4.69) is 27.2 Å². The summed E-state index contributed by atoms with van der Waals surface area (Å²) in [5.74, 6) is -0.102. The third-order valence-corrected chi connectivity index (χ3v) is 10.3. The van der Waals surface area contributed by atoms with Crippen LogP contribution in [0.5, 0.6) is 0 Å². The van der Waals surface area contributed by atoms with E-state index in [1.54, 1.807) is 39.6 Å². The van der Waals surface area contributed by atoms with Crippen LogP contribution in [0.15, 0.2) is 9.59 Å². The summed E-state index contributed by atoms with van der Waals surface area (Å²) in [5.41, 5.74) is -2.47. The maximum atomic E-state index is 14.5. The number of ketones is 1. The number of anilines is 1. The summed E-state index contributed by atoms with van der Waals surface area (Å²) in [6, 6.07) is -4.30. The van der Waals surface area contributed by atoms with Crippen molar-refractivity contribution in [1.29, 1.82) is 0 Å². The molecule has 5 atom stereocenters. The van der Waals surface area contributed by atoms with Crippen LogP contribution in [-0.4, -0.2) is 85.8 Å². The van der Waals surface area contributed by atoms with Crippen LogP contribution in [0, 0.1) is 47.3 Å². The number of hydrogen-bond donors (Lipinski definition) is 4. The summed E-state index contributed by atoms with van der Waals surface area (Å²) in [6.45, 7) is 16.9. The lowest BCUT2D eigenvalue weighted by Gasteiger charge is -2.39. The Morgan fingerprint density at radius 3 is 2.00 bits per heavy atom. The van der Waals surface area contributed by atoms with E-state index in [9.17, 15) is 33.6 Å². The zero-order valence-corrected chi connectivity index (χ0v) is 31.5.